The van der Waals surface area contributed by atoms with E-state index in [-0.39, 0.29) is 0 Å². The van der Waals surface area contributed by atoms with Gasteiger partial charge in [0.15, 0.2) is 9.84 Å². The molecular formula is C28H42N2O3S. The van der Waals surface area contributed by atoms with E-state index in [4.69, 9.17) is 0 Å². The van der Waals surface area contributed by atoms with Crippen LogP contribution in [0.25, 0.3) is 0 Å². The molecule has 0 bridgehead atoms. The highest BCUT2D eigenvalue weighted by molar-refractivity contribution is 7.90. The van der Waals surface area contributed by atoms with Crippen LogP contribution in [0.2, 0.25) is 0 Å². The number of aromatic hydroxyl groups is 1. The second kappa shape index (κ2) is 13.3. The van der Waals surface area contributed by atoms with Gasteiger partial charge >= 0.3 is 0 Å². The molecule has 0 radical (unpaired) electrons. The van der Waals surface area contributed by atoms with Crippen molar-refractivity contribution in [1.29, 1.82) is 0 Å². The standard InChI is InChI=1S/C28H42N2O3S/c1-3-20-30(25-13-16-27-24(22-25)9-8-10-28(27)31)21-7-5-4-6-18-29-19-17-23-11-14-26(15-12-23)34(2,32)33/h8-12,14-15,25,29,31H,3-7,13,16-22H2,1-2H3. The van der Waals surface area contributed by atoms with E-state index >= 15 is 0 Å². The molecule has 1 unspecified atom stereocenters. The first-order valence-electron chi connectivity index (χ1n) is 12.9. The quantitative estimate of drug-likeness (QED) is 0.377. The van der Waals surface area contributed by atoms with Gasteiger partial charge in [0.05, 0.1) is 4.90 Å². The molecule has 1 atom stereocenters. The van der Waals surface area contributed by atoms with Crippen LogP contribution in [0.3, 0.4) is 0 Å². The molecule has 2 aromatic carbocycles. The third kappa shape index (κ3) is 8.10. The topological polar surface area (TPSA) is 69.6 Å². The molecule has 0 aromatic heterocycles. The Bertz CT molecular complexity index is 989. The fraction of sp³-hybridized carbons (Fsp3) is 0.571. The molecule has 34 heavy (non-hydrogen) atoms. The van der Waals surface area contributed by atoms with Crippen molar-refractivity contribution in [2.75, 3.05) is 32.4 Å². The number of nitrogens with zero attached hydrogens (tertiary/aromatic N) is 1. The largest absolute Gasteiger partial charge is 0.508 e. The highest BCUT2D eigenvalue weighted by Gasteiger charge is 2.24. The maximum Gasteiger partial charge on any atom is 0.175 e. The Balaban J connectivity index is 1.28. The summed E-state index contributed by atoms with van der Waals surface area (Å²) in [4.78, 5) is 3.06. The van der Waals surface area contributed by atoms with Crippen molar-refractivity contribution in [3.63, 3.8) is 0 Å². The molecular weight excluding hydrogens is 444 g/mol. The highest BCUT2D eigenvalue weighted by Crippen LogP contribution is 2.30. The summed E-state index contributed by atoms with van der Waals surface area (Å²) >= 11 is 0. The van der Waals surface area contributed by atoms with E-state index in [2.05, 4.69) is 23.2 Å². The van der Waals surface area contributed by atoms with Crippen molar-refractivity contribution in [2.45, 2.75) is 75.6 Å². The molecule has 2 aromatic rings. The average molecular weight is 487 g/mol. The van der Waals surface area contributed by atoms with Crippen molar-refractivity contribution >= 4 is 9.84 Å². The van der Waals surface area contributed by atoms with Gasteiger partial charge in [0.25, 0.3) is 0 Å². The molecule has 188 valence electrons. The Morgan fingerprint density at radius 3 is 2.50 bits per heavy atom. The Morgan fingerprint density at radius 1 is 1.00 bits per heavy atom. The zero-order chi connectivity index (χ0) is 24.4. The lowest BCUT2D eigenvalue weighted by Gasteiger charge is -2.35. The number of unbranched alkanes of at least 4 members (excludes halogenated alkanes) is 3. The van der Waals surface area contributed by atoms with E-state index in [1.54, 1.807) is 12.1 Å². The number of phenolic OH excluding ortho intramolecular Hbond substituents is 1. The molecule has 0 aliphatic heterocycles. The van der Waals surface area contributed by atoms with Gasteiger partial charge in [0, 0.05) is 12.3 Å². The smallest absolute Gasteiger partial charge is 0.175 e. The van der Waals surface area contributed by atoms with Gasteiger partial charge < -0.3 is 15.3 Å². The predicted molar refractivity (Wildman–Crippen MR) is 140 cm³/mol. The highest BCUT2D eigenvalue weighted by atomic mass is 32.2. The number of nitrogens with one attached hydrogen (secondary N) is 1. The third-order valence-electron chi connectivity index (χ3n) is 6.95. The van der Waals surface area contributed by atoms with E-state index in [9.17, 15) is 13.5 Å². The number of phenols is 1. The Kier molecular flexibility index (Phi) is 10.4. The van der Waals surface area contributed by atoms with Gasteiger partial charge in [0.2, 0.25) is 0 Å². The Morgan fingerprint density at radius 2 is 1.76 bits per heavy atom. The maximum atomic E-state index is 11.5. The summed E-state index contributed by atoms with van der Waals surface area (Å²) in [6.07, 6.45) is 11.5. The van der Waals surface area contributed by atoms with Gasteiger partial charge in [-0.25, -0.2) is 8.42 Å². The molecule has 0 saturated carbocycles. The summed E-state index contributed by atoms with van der Waals surface area (Å²) in [5.74, 6) is 0.469. The van der Waals surface area contributed by atoms with E-state index in [0.29, 0.717) is 16.7 Å². The first kappa shape index (κ1) is 26.7. The molecule has 0 saturated heterocycles. The predicted octanol–water partition coefficient (Wildman–Crippen LogP) is 4.76. The van der Waals surface area contributed by atoms with Crippen LogP contribution in [-0.4, -0.2) is 56.9 Å². The number of hydrogen-bond acceptors (Lipinski definition) is 5. The van der Waals surface area contributed by atoms with Crippen molar-refractivity contribution < 1.29 is 13.5 Å². The molecule has 0 heterocycles. The molecule has 0 spiro atoms. The summed E-state index contributed by atoms with van der Waals surface area (Å²) in [5, 5.41) is 13.6. The molecule has 2 N–H and O–H groups in total. The maximum absolute atomic E-state index is 11.5. The Hall–Kier alpha value is -1.89. The molecule has 0 amide bonds. The van der Waals surface area contributed by atoms with Gasteiger partial charge in [-0.1, -0.05) is 44.0 Å². The van der Waals surface area contributed by atoms with Gasteiger partial charge in [0.1, 0.15) is 5.75 Å². The minimum Gasteiger partial charge on any atom is -0.508 e. The second-order valence-electron chi connectivity index (χ2n) is 9.68. The zero-order valence-electron chi connectivity index (χ0n) is 20.9. The monoisotopic (exact) mass is 486 g/mol. The van der Waals surface area contributed by atoms with Crippen LogP contribution in [0.1, 0.15) is 62.1 Å². The summed E-state index contributed by atoms with van der Waals surface area (Å²) in [6, 6.07) is 13.8. The fourth-order valence-electron chi connectivity index (χ4n) is 5.02. The molecule has 1 aliphatic carbocycles. The number of benzene rings is 2. The fourth-order valence-corrected chi connectivity index (χ4v) is 5.65. The summed E-state index contributed by atoms with van der Waals surface area (Å²) < 4.78 is 23.1. The van der Waals surface area contributed by atoms with E-state index < -0.39 is 9.84 Å². The molecule has 5 nitrogen and oxygen atoms in total. The summed E-state index contributed by atoms with van der Waals surface area (Å²) in [6.45, 7) is 6.54. The first-order valence-corrected chi connectivity index (χ1v) is 14.8. The van der Waals surface area contributed by atoms with E-state index in [0.717, 1.165) is 56.4 Å². The van der Waals surface area contributed by atoms with Crippen molar-refractivity contribution in [1.82, 2.24) is 10.2 Å². The molecule has 1 aliphatic rings. The van der Waals surface area contributed by atoms with Gasteiger partial charge in [-0.05, 0) is 106 Å². The molecule has 6 heteroatoms. The van der Waals surface area contributed by atoms with Gasteiger partial charge in [-0.3, -0.25) is 0 Å². The average Bonchev–Trinajstić information content (AvgIpc) is 2.82. The van der Waals surface area contributed by atoms with Crippen LogP contribution in [0.5, 0.6) is 5.75 Å². The van der Waals surface area contributed by atoms with E-state index in [1.165, 1.54) is 50.5 Å². The number of fused-ring (bicyclic) bond motifs is 1. The lowest BCUT2D eigenvalue weighted by molar-refractivity contribution is 0.175. The van der Waals surface area contributed by atoms with Crippen LogP contribution in [-0.2, 0) is 29.1 Å². The second-order valence-corrected chi connectivity index (χ2v) is 11.7. The zero-order valence-corrected chi connectivity index (χ0v) is 21.7. The molecule has 0 fully saturated rings. The van der Waals surface area contributed by atoms with Crippen molar-refractivity contribution in [2.24, 2.45) is 0 Å². The van der Waals surface area contributed by atoms with Gasteiger partial charge in [-0.15, -0.1) is 0 Å². The van der Waals surface area contributed by atoms with Crippen LogP contribution < -0.4 is 5.32 Å². The molecule has 3 rings (SSSR count). The normalized spacial score (nSPS) is 16.0. The first-order chi connectivity index (χ1) is 16.4. The lowest BCUT2D eigenvalue weighted by Crippen LogP contribution is -2.40. The van der Waals surface area contributed by atoms with Crippen LogP contribution in [0.4, 0.5) is 0 Å². The van der Waals surface area contributed by atoms with E-state index in [1.807, 2.05) is 24.3 Å². The number of sulfone groups is 1. The SMILES string of the molecule is CCCN(CCCCCCNCCc1ccc(S(C)(=O)=O)cc1)C1CCc2c(O)cccc2C1. The third-order valence-corrected chi connectivity index (χ3v) is 8.08. The van der Waals surface area contributed by atoms with Crippen LogP contribution >= 0.6 is 0 Å². The summed E-state index contributed by atoms with van der Waals surface area (Å²) in [5.41, 5.74) is 3.65. The minimum atomic E-state index is -3.12. The Labute approximate surface area is 206 Å². The van der Waals surface area contributed by atoms with Gasteiger partial charge in [-0.2, -0.15) is 0 Å². The summed E-state index contributed by atoms with van der Waals surface area (Å²) in [7, 11) is -3.12. The van der Waals surface area contributed by atoms with Crippen molar-refractivity contribution in [3.05, 3.63) is 59.2 Å². The number of rotatable bonds is 14. The lowest BCUT2D eigenvalue weighted by atomic mass is 9.86. The van der Waals surface area contributed by atoms with Crippen molar-refractivity contribution in [3.8, 4) is 5.75 Å². The van der Waals surface area contributed by atoms with Crippen LogP contribution in [0.15, 0.2) is 47.4 Å². The van der Waals surface area contributed by atoms with Crippen LogP contribution in [0, 0.1) is 0 Å². The minimum absolute atomic E-state index is 0.384. The number of hydrogen-bond donors (Lipinski definition) is 2.